The van der Waals surface area contributed by atoms with Crippen molar-refractivity contribution in [2.75, 3.05) is 131 Å². The zero-order chi connectivity index (χ0) is 39.2. The van der Waals surface area contributed by atoms with Gasteiger partial charge in [-0.25, -0.2) is 13.2 Å². The van der Waals surface area contributed by atoms with Crippen LogP contribution in [0.3, 0.4) is 0 Å². The third kappa shape index (κ3) is 21.4. The van der Waals surface area contributed by atoms with Crippen LogP contribution in [0.2, 0.25) is 0 Å². The van der Waals surface area contributed by atoms with Crippen LogP contribution in [-0.2, 0) is 52.2 Å². The Bertz CT molecular complexity index is 1300. The smallest absolute Gasteiger partial charge is 0.313 e. The molecule has 0 aliphatic carbocycles. The van der Waals surface area contributed by atoms with Crippen LogP contribution < -0.4 is 14.8 Å². The zero-order valence-electron chi connectivity index (χ0n) is 30.1. The lowest BCUT2D eigenvalue weighted by Gasteiger charge is -2.09. The lowest BCUT2D eigenvalue weighted by molar-refractivity contribution is -0.136. The van der Waals surface area contributed by atoms with Gasteiger partial charge in [-0.1, -0.05) is 0 Å². The van der Waals surface area contributed by atoms with E-state index in [1.165, 1.54) is 6.92 Å². The molecule has 0 radical (unpaired) electrons. The van der Waals surface area contributed by atoms with Crippen LogP contribution in [-0.4, -0.2) is 137 Å². The van der Waals surface area contributed by atoms with Crippen molar-refractivity contribution in [2.45, 2.75) is 13.3 Å². The van der Waals surface area contributed by atoms with E-state index in [4.69, 9.17) is 47.4 Å². The number of anilines is 1. The quantitative estimate of drug-likeness (QED) is 0.0279. The first kappa shape index (κ1) is 46.6. The van der Waals surface area contributed by atoms with E-state index in [0.717, 1.165) is 0 Å². The Balaban J connectivity index is 1.23. The highest BCUT2D eigenvalue weighted by atomic mass is 19.2. The van der Waals surface area contributed by atoms with E-state index >= 15 is 0 Å². The van der Waals surface area contributed by atoms with Gasteiger partial charge in [0.25, 0.3) is 0 Å². The summed E-state index contributed by atoms with van der Waals surface area (Å²) in [6.07, 6.45) is -0.491. The minimum Gasteiger partial charge on any atom is -0.491 e. The lowest BCUT2D eigenvalue weighted by atomic mass is 10.2. The van der Waals surface area contributed by atoms with Crippen molar-refractivity contribution < 1.29 is 83.6 Å². The molecule has 0 aliphatic rings. The summed E-state index contributed by atoms with van der Waals surface area (Å²) in [6.45, 7) is 7.86. The first-order valence-corrected chi connectivity index (χ1v) is 17.1. The molecule has 0 aliphatic heterocycles. The van der Waals surface area contributed by atoms with E-state index in [1.807, 2.05) is 0 Å². The van der Waals surface area contributed by atoms with Crippen molar-refractivity contribution in [3.05, 3.63) is 53.4 Å². The third-order valence-corrected chi connectivity index (χ3v) is 6.48. The van der Waals surface area contributed by atoms with Crippen molar-refractivity contribution in [1.82, 2.24) is 0 Å². The molecule has 0 unspecified atom stereocenters. The number of hydrogen-bond acceptors (Lipinski definition) is 13. The number of rotatable bonds is 33. The van der Waals surface area contributed by atoms with Crippen molar-refractivity contribution in [3.8, 4) is 11.5 Å². The van der Waals surface area contributed by atoms with Gasteiger partial charge in [-0.15, -0.1) is 0 Å². The summed E-state index contributed by atoms with van der Waals surface area (Å²) in [5.74, 6) is -13.6. The van der Waals surface area contributed by atoms with Gasteiger partial charge in [0.15, 0.2) is 0 Å². The molecule has 0 fully saturated rings. The summed E-state index contributed by atoms with van der Waals surface area (Å²) in [5.41, 5.74) is 0.709. The molecule has 0 aromatic heterocycles. The minimum absolute atomic E-state index is 0.0752. The Morgan fingerprint density at radius 3 is 1.13 bits per heavy atom. The second kappa shape index (κ2) is 29.8. The minimum atomic E-state index is -2.35. The Labute approximate surface area is 310 Å². The highest BCUT2D eigenvalue weighted by molar-refractivity contribution is 5.88. The van der Waals surface area contributed by atoms with Crippen LogP contribution in [0, 0.1) is 29.1 Å². The second-order valence-electron chi connectivity index (χ2n) is 10.7. The maximum Gasteiger partial charge on any atom is 0.313 e. The van der Waals surface area contributed by atoms with Gasteiger partial charge in [-0.05, 0) is 24.3 Å². The number of amides is 1. The van der Waals surface area contributed by atoms with Gasteiger partial charge >= 0.3 is 5.97 Å². The van der Waals surface area contributed by atoms with Crippen LogP contribution in [0.4, 0.5) is 27.6 Å². The zero-order valence-corrected chi connectivity index (χ0v) is 30.1. The first-order valence-electron chi connectivity index (χ1n) is 17.1. The molecule has 0 saturated heterocycles. The van der Waals surface area contributed by atoms with Gasteiger partial charge < -0.3 is 57.4 Å². The van der Waals surface area contributed by atoms with Gasteiger partial charge in [-0.3, -0.25) is 9.59 Å². The van der Waals surface area contributed by atoms with Crippen LogP contribution in [0.1, 0.15) is 13.3 Å². The van der Waals surface area contributed by atoms with E-state index in [1.54, 1.807) is 24.3 Å². The normalized spacial score (nSPS) is 11.2. The van der Waals surface area contributed by atoms with E-state index in [0.29, 0.717) is 111 Å². The fraction of sp³-hybridized carbons (Fsp3) is 0.600. The number of benzene rings is 2. The SMILES string of the molecule is CC(=O)Nc1ccc(OCCOCCOCCOCCOCCOCCOCCOCCOCCOCCC(=O)Oc2c(F)c(F)c(F)c(F)c2F)cc1. The molecule has 14 nitrogen and oxygen atoms in total. The van der Waals surface area contributed by atoms with Crippen molar-refractivity contribution in [1.29, 1.82) is 0 Å². The molecule has 0 heterocycles. The average Bonchev–Trinajstić information content (AvgIpc) is 3.16. The average molecular weight is 786 g/mol. The maximum atomic E-state index is 13.5. The molecule has 19 heteroatoms. The molecule has 54 heavy (non-hydrogen) atoms. The Morgan fingerprint density at radius 1 is 0.463 bits per heavy atom. The molecule has 2 aromatic rings. The van der Waals surface area contributed by atoms with Gasteiger partial charge in [0.2, 0.25) is 40.7 Å². The standard InChI is InChI=1S/C35H48F5NO13/c1-26(42)41-27-2-4-28(5-3-27)53-25-24-52-23-22-51-21-20-50-19-18-49-17-16-48-15-14-47-13-12-46-11-10-45-9-8-44-7-6-29(43)54-35-33(39)31(37)30(36)32(38)34(35)40/h2-5H,6-25H2,1H3,(H,41,42). The topological polar surface area (TPSA) is 148 Å². The number of halogens is 5. The number of esters is 1. The molecule has 2 rings (SSSR count). The van der Waals surface area contributed by atoms with Crippen LogP contribution in [0.5, 0.6) is 11.5 Å². The molecule has 0 bridgehead atoms. The predicted octanol–water partition coefficient (Wildman–Crippen LogP) is 3.86. The van der Waals surface area contributed by atoms with Crippen LogP contribution >= 0.6 is 0 Å². The highest BCUT2D eigenvalue weighted by Crippen LogP contribution is 2.29. The number of carbonyl (C=O) groups excluding carboxylic acids is 2. The Kier molecular flexibility index (Phi) is 25.7. The van der Waals surface area contributed by atoms with Gasteiger partial charge in [-0.2, -0.15) is 8.78 Å². The second-order valence-corrected chi connectivity index (χ2v) is 10.7. The van der Waals surface area contributed by atoms with Crippen molar-refractivity contribution >= 4 is 17.6 Å². The summed E-state index contributed by atoms with van der Waals surface area (Å²) in [7, 11) is 0. The van der Waals surface area contributed by atoms with Crippen LogP contribution in [0.15, 0.2) is 24.3 Å². The molecular weight excluding hydrogens is 737 g/mol. The van der Waals surface area contributed by atoms with Crippen molar-refractivity contribution in [3.63, 3.8) is 0 Å². The first-order chi connectivity index (χ1) is 26.2. The summed E-state index contributed by atoms with van der Waals surface area (Å²) < 4.78 is 125. The molecule has 306 valence electrons. The fourth-order valence-corrected chi connectivity index (χ4v) is 3.91. The summed E-state index contributed by atoms with van der Waals surface area (Å²) in [6, 6.07) is 7.09. The fourth-order valence-electron chi connectivity index (χ4n) is 3.91. The monoisotopic (exact) mass is 785 g/mol. The number of ether oxygens (including phenoxy) is 11. The van der Waals surface area contributed by atoms with Crippen LogP contribution in [0.25, 0.3) is 0 Å². The third-order valence-electron chi connectivity index (χ3n) is 6.48. The van der Waals surface area contributed by atoms with Gasteiger partial charge in [0.05, 0.1) is 125 Å². The number of hydrogen-bond donors (Lipinski definition) is 1. The molecule has 2 aromatic carbocycles. The van der Waals surface area contributed by atoms with E-state index in [9.17, 15) is 31.5 Å². The molecule has 0 saturated carbocycles. The van der Waals surface area contributed by atoms with Gasteiger partial charge in [0.1, 0.15) is 12.4 Å². The molecule has 0 atom stereocenters. The molecular formula is C35H48F5NO13. The number of carbonyl (C=O) groups is 2. The largest absolute Gasteiger partial charge is 0.491 e. The van der Waals surface area contributed by atoms with E-state index in [-0.39, 0.29) is 32.3 Å². The molecule has 0 spiro atoms. The van der Waals surface area contributed by atoms with Crippen molar-refractivity contribution in [2.24, 2.45) is 0 Å². The molecule has 1 amide bonds. The Hall–Kier alpha value is -3.53. The van der Waals surface area contributed by atoms with E-state index in [2.05, 4.69) is 10.1 Å². The van der Waals surface area contributed by atoms with Gasteiger partial charge in [0, 0.05) is 12.6 Å². The predicted molar refractivity (Wildman–Crippen MR) is 180 cm³/mol. The molecule has 1 N–H and O–H groups in total. The van der Waals surface area contributed by atoms with E-state index < -0.39 is 47.2 Å². The summed E-state index contributed by atoms with van der Waals surface area (Å²) in [4.78, 5) is 22.7. The highest BCUT2D eigenvalue weighted by Gasteiger charge is 2.28. The summed E-state index contributed by atoms with van der Waals surface area (Å²) in [5, 5.41) is 2.69. The number of nitrogens with one attached hydrogen (secondary N) is 1. The maximum absolute atomic E-state index is 13.5. The lowest BCUT2D eigenvalue weighted by Crippen LogP contribution is -2.16. The summed E-state index contributed by atoms with van der Waals surface area (Å²) >= 11 is 0. The Morgan fingerprint density at radius 2 is 0.778 bits per heavy atom.